The molecule has 114 valence electrons. The summed E-state index contributed by atoms with van der Waals surface area (Å²) in [6.07, 6.45) is 0. The van der Waals surface area contributed by atoms with Crippen LogP contribution in [-0.2, 0) is 23.1 Å². The molecule has 0 saturated heterocycles. The molecule has 2 rings (SSSR count). The van der Waals surface area contributed by atoms with Gasteiger partial charge in [-0.1, -0.05) is 18.2 Å². The first kappa shape index (κ1) is 15.5. The number of para-hydroxylation sites is 1. The molecule has 0 atom stereocenters. The zero-order chi connectivity index (χ0) is 15.4. The lowest BCUT2D eigenvalue weighted by molar-refractivity contribution is -0.138. The molecule has 0 bridgehead atoms. The molecular weight excluding hydrogens is 268 g/mol. The third-order valence-corrected chi connectivity index (χ3v) is 3.85. The Morgan fingerprint density at radius 1 is 1.38 bits per heavy atom. The fourth-order valence-corrected chi connectivity index (χ4v) is 2.70. The SMILES string of the molecule is COCCN(CC(=O)O)Cc1c(C)c2ccccc2n1C. The van der Waals surface area contributed by atoms with Crippen LogP contribution in [0.25, 0.3) is 10.9 Å². The fourth-order valence-electron chi connectivity index (χ4n) is 2.70. The number of aryl methyl sites for hydroxylation is 2. The van der Waals surface area contributed by atoms with Crippen molar-refractivity contribution in [3.63, 3.8) is 0 Å². The van der Waals surface area contributed by atoms with Gasteiger partial charge in [0.1, 0.15) is 0 Å². The van der Waals surface area contributed by atoms with Crippen molar-refractivity contribution in [1.29, 1.82) is 0 Å². The van der Waals surface area contributed by atoms with Crippen LogP contribution < -0.4 is 0 Å². The third kappa shape index (κ3) is 3.43. The van der Waals surface area contributed by atoms with Gasteiger partial charge in [0.25, 0.3) is 0 Å². The Balaban J connectivity index is 2.29. The van der Waals surface area contributed by atoms with Gasteiger partial charge in [0.05, 0.1) is 13.2 Å². The lowest BCUT2D eigenvalue weighted by atomic mass is 10.1. The standard InChI is InChI=1S/C16H22N2O3/c1-12-13-6-4-5-7-14(13)17(2)15(12)10-18(8-9-21-3)11-16(19)20/h4-7H,8-11H2,1-3H3,(H,19,20). The zero-order valence-electron chi connectivity index (χ0n) is 12.8. The summed E-state index contributed by atoms with van der Waals surface area (Å²) in [4.78, 5) is 12.9. The predicted molar refractivity (Wildman–Crippen MR) is 82.4 cm³/mol. The summed E-state index contributed by atoms with van der Waals surface area (Å²) in [5.41, 5.74) is 3.53. The molecule has 1 N–H and O–H groups in total. The van der Waals surface area contributed by atoms with E-state index in [1.807, 2.05) is 24.1 Å². The van der Waals surface area contributed by atoms with Crippen molar-refractivity contribution >= 4 is 16.9 Å². The van der Waals surface area contributed by atoms with E-state index in [0.29, 0.717) is 19.7 Å². The first-order chi connectivity index (χ1) is 10.0. The quantitative estimate of drug-likeness (QED) is 0.847. The van der Waals surface area contributed by atoms with Gasteiger partial charge in [-0.25, -0.2) is 0 Å². The normalized spacial score (nSPS) is 11.4. The van der Waals surface area contributed by atoms with Gasteiger partial charge in [-0.05, 0) is 18.6 Å². The Bertz CT molecular complexity index is 595. The van der Waals surface area contributed by atoms with Gasteiger partial charge < -0.3 is 14.4 Å². The van der Waals surface area contributed by atoms with Gasteiger partial charge in [-0.3, -0.25) is 9.69 Å². The highest BCUT2D eigenvalue weighted by atomic mass is 16.5. The van der Waals surface area contributed by atoms with E-state index >= 15 is 0 Å². The lowest BCUT2D eigenvalue weighted by Gasteiger charge is -2.21. The molecule has 0 spiro atoms. The van der Waals surface area contributed by atoms with Gasteiger partial charge in [-0.2, -0.15) is 0 Å². The molecule has 2 aromatic rings. The molecule has 0 radical (unpaired) electrons. The zero-order valence-corrected chi connectivity index (χ0v) is 12.8. The van der Waals surface area contributed by atoms with Crippen LogP contribution in [0.4, 0.5) is 0 Å². The number of benzene rings is 1. The molecule has 0 unspecified atom stereocenters. The first-order valence-electron chi connectivity index (χ1n) is 7.00. The van der Waals surface area contributed by atoms with E-state index in [-0.39, 0.29) is 6.54 Å². The minimum atomic E-state index is -0.817. The molecule has 5 heteroatoms. The topological polar surface area (TPSA) is 54.7 Å². The Morgan fingerprint density at radius 3 is 2.71 bits per heavy atom. The molecule has 5 nitrogen and oxygen atoms in total. The van der Waals surface area contributed by atoms with Crippen molar-refractivity contribution in [2.24, 2.45) is 7.05 Å². The van der Waals surface area contributed by atoms with Gasteiger partial charge in [0, 0.05) is 43.8 Å². The molecule has 1 aromatic heterocycles. The maximum Gasteiger partial charge on any atom is 0.317 e. The fraction of sp³-hybridized carbons (Fsp3) is 0.438. The summed E-state index contributed by atoms with van der Waals surface area (Å²) in [7, 11) is 3.65. The van der Waals surface area contributed by atoms with Crippen LogP contribution in [0, 0.1) is 6.92 Å². The number of nitrogens with zero attached hydrogens (tertiary/aromatic N) is 2. The van der Waals surface area contributed by atoms with E-state index in [1.165, 1.54) is 16.5 Å². The average molecular weight is 290 g/mol. The highest BCUT2D eigenvalue weighted by Crippen LogP contribution is 2.25. The Hall–Kier alpha value is -1.85. The minimum absolute atomic E-state index is 0.0182. The van der Waals surface area contributed by atoms with Crippen molar-refractivity contribution in [3.05, 3.63) is 35.5 Å². The van der Waals surface area contributed by atoms with Crippen LogP contribution in [0.1, 0.15) is 11.3 Å². The molecule has 1 aromatic carbocycles. The number of ether oxygens (including phenoxy) is 1. The van der Waals surface area contributed by atoms with E-state index < -0.39 is 5.97 Å². The van der Waals surface area contributed by atoms with E-state index in [0.717, 1.165) is 5.69 Å². The third-order valence-electron chi connectivity index (χ3n) is 3.85. The molecule has 21 heavy (non-hydrogen) atoms. The molecule has 0 aliphatic heterocycles. The summed E-state index contributed by atoms with van der Waals surface area (Å²) in [6, 6.07) is 8.23. The number of rotatable bonds is 7. The van der Waals surface area contributed by atoms with Crippen LogP contribution in [0.3, 0.4) is 0 Å². The van der Waals surface area contributed by atoms with Crippen molar-refractivity contribution < 1.29 is 14.6 Å². The Kier molecular flexibility index (Phi) is 4.98. The molecule has 0 fully saturated rings. The minimum Gasteiger partial charge on any atom is -0.480 e. The summed E-state index contributed by atoms with van der Waals surface area (Å²) in [5, 5.41) is 10.3. The second-order valence-electron chi connectivity index (χ2n) is 5.25. The highest BCUT2D eigenvalue weighted by molar-refractivity contribution is 5.85. The summed E-state index contributed by atoms with van der Waals surface area (Å²) < 4.78 is 7.21. The Morgan fingerprint density at radius 2 is 2.10 bits per heavy atom. The number of hydrogen-bond acceptors (Lipinski definition) is 3. The van der Waals surface area contributed by atoms with Crippen LogP contribution in [0.2, 0.25) is 0 Å². The second kappa shape index (κ2) is 6.74. The molecular formula is C16H22N2O3. The van der Waals surface area contributed by atoms with Crippen molar-refractivity contribution in [3.8, 4) is 0 Å². The number of fused-ring (bicyclic) bond motifs is 1. The van der Waals surface area contributed by atoms with Gasteiger partial charge in [-0.15, -0.1) is 0 Å². The van der Waals surface area contributed by atoms with Crippen molar-refractivity contribution in [1.82, 2.24) is 9.47 Å². The molecule has 0 aliphatic carbocycles. The van der Waals surface area contributed by atoms with Gasteiger partial charge in [0.15, 0.2) is 0 Å². The van der Waals surface area contributed by atoms with Crippen LogP contribution in [-0.4, -0.2) is 47.3 Å². The molecule has 0 saturated carbocycles. The van der Waals surface area contributed by atoms with Crippen molar-refractivity contribution in [2.75, 3.05) is 26.8 Å². The average Bonchev–Trinajstić information content (AvgIpc) is 2.70. The number of carboxylic acids is 1. The Labute approximate surface area is 124 Å². The maximum absolute atomic E-state index is 11.0. The highest BCUT2D eigenvalue weighted by Gasteiger charge is 2.16. The largest absolute Gasteiger partial charge is 0.480 e. The van der Waals surface area contributed by atoms with Crippen LogP contribution in [0.5, 0.6) is 0 Å². The molecule has 0 aliphatic rings. The number of methoxy groups -OCH3 is 1. The van der Waals surface area contributed by atoms with Gasteiger partial charge >= 0.3 is 5.97 Å². The monoisotopic (exact) mass is 290 g/mol. The number of carbonyl (C=O) groups is 1. The predicted octanol–water partition coefficient (Wildman–Crippen LogP) is 2.02. The maximum atomic E-state index is 11.0. The van der Waals surface area contributed by atoms with E-state index in [1.54, 1.807) is 7.11 Å². The van der Waals surface area contributed by atoms with E-state index in [9.17, 15) is 4.79 Å². The second-order valence-corrected chi connectivity index (χ2v) is 5.25. The van der Waals surface area contributed by atoms with Gasteiger partial charge in [0.2, 0.25) is 0 Å². The summed E-state index contributed by atoms with van der Waals surface area (Å²) >= 11 is 0. The van der Waals surface area contributed by atoms with Crippen molar-refractivity contribution in [2.45, 2.75) is 13.5 Å². The number of carboxylic acid groups (broad SMARTS) is 1. The summed E-state index contributed by atoms with van der Waals surface area (Å²) in [5.74, 6) is -0.817. The number of aromatic nitrogens is 1. The first-order valence-corrected chi connectivity index (χ1v) is 7.00. The summed E-state index contributed by atoms with van der Waals surface area (Å²) in [6.45, 7) is 3.84. The van der Waals surface area contributed by atoms with E-state index in [4.69, 9.17) is 9.84 Å². The lowest BCUT2D eigenvalue weighted by Crippen LogP contribution is -2.33. The smallest absolute Gasteiger partial charge is 0.317 e. The molecule has 0 amide bonds. The number of aliphatic carboxylic acids is 1. The van der Waals surface area contributed by atoms with Crippen LogP contribution in [0.15, 0.2) is 24.3 Å². The molecule has 1 heterocycles. The number of hydrogen-bond donors (Lipinski definition) is 1. The van der Waals surface area contributed by atoms with Crippen LogP contribution >= 0.6 is 0 Å². The van der Waals surface area contributed by atoms with E-state index in [2.05, 4.69) is 23.6 Å².